The molecule has 0 aliphatic heterocycles. The van der Waals surface area contributed by atoms with E-state index in [-0.39, 0.29) is 5.75 Å². The van der Waals surface area contributed by atoms with Crippen molar-refractivity contribution >= 4 is 11.0 Å². The van der Waals surface area contributed by atoms with Gasteiger partial charge in [-0.25, -0.2) is 4.98 Å². The third kappa shape index (κ3) is 1.47. The highest BCUT2D eigenvalue weighted by atomic mass is 16.3. The highest BCUT2D eigenvalue weighted by Gasteiger charge is 2.11. The second kappa shape index (κ2) is 3.63. The van der Waals surface area contributed by atoms with Crippen molar-refractivity contribution < 1.29 is 5.11 Å². The molecule has 0 fully saturated rings. The van der Waals surface area contributed by atoms with Crippen LogP contribution in [0.3, 0.4) is 0 Å². The molecule has 0 amide bonds. The van der Waals surface area contributed by atoms with E-state index >= 15 is 0 Å². The summed E-state index contributed by atoms with van der Waals surface area (Å²) in [6, 6.07) is 15.4. The third-order valence-electron chi connectivity index (χ3n) is 2.90. The molecule has 0 saturated carbocycles. The molecular weight excluding hydrogens is 212 g/mol. The van der Waals surface area contributed by atoms with Gasteiger partial charge in [-0.15, -0.1) is 0 Å². The summed E-state index contributed by atoms with van der Waals surface area (Å²) in [6.45, 7) is 0. The first-order valence-electron chi connectivity index (χ1n) is 5.47. The number of benzene rings is 2. The fraction of sp³-hybridized carbons (Fsp3) is 0.0714. The van der Waals surface area contributed by atoms with E-state index in [4.69, 9.17) is 0 Å². The summed E-state index contributed by atoms with van der Waals surface area (Å²) in [5, 5.41) is 9.85. The Morgan fingerprint density at radius 3 is 2.47 bits per heavy atom. The molecule has 1 aromatic heterocycles. The monoisotopic (exact) mass is 224 g/mol. The van der Waals surface area contributed by atoms with Crippen molar-refractivity contribution in [1.82, 2.24) is 9.55 Å². The number of aromatic hydroxyl groups is 1. The van der Waals surface area contributed by atoms with Crippen LogP contribution in [-0.4, -0.2) is 14.7 Å². The number of hydrogen-bond donors (Lipinski definition) is 1. The molecule has 3 nitrogen and oxygen atoms in total. The predicted octanol–water partition coefficient (Wildman–Crippen LogP) is 2.95. The first-order chi connectivity index (χ1) is 8.27. The molecule has 0 atom stereocenters. The van der Waals surface area contributed by atoms with E-state index in [1.165, 1.54) is 0 Å². The molecule has 0 saturated heterocycles. The fourth-order valence-corrected chi connectivity index (χ4v) is 2.09. The van der Waals surface area contributed by atoms with Gasteiger partial charge in [-0.05, 0) is 12.1 Å². The van der Waals surface area contributed by atoms with Crippen LogP contribution < -0.4 is 0 Å². The summed E-state index contributed by atoms with van der Waals surface area (Å²) < 4.78 is 1.92. The number of aryl methyl sites for hydroxylation is 1. The van der Waals surface area contributed by atoms with Crippen LogP contribution in [0.2, 0.25) is 0 Å². The normalized spacial score (nSPS) is 10.9. The number of rotatable bonds is 1. The van der Waals surface area contributed by atoms with Gasteiger partial charge < -0.3 is 9.67 Å². The number of imidazole rings is 1. The molecule has 0 unspecified atom stereocenters. The molecule has 3 heteroatoms. The summed E-state index contributed by atoms with van der Waals surface area (Å²) in [5.41, 5.74) is 2.63. The van der Waals surface area contributed by atoms with Gasteiger partial charge in [0.05, 0.1) is 5.52 Å². The van der Waals surface area contributed by atoms with E-state index in [0.29, 0.717) is 0 Å². The Morgan fingerprint density at radius 2 is 1.76 bits per heavy atom. The topological polar surface area (TPSA) is 38.0 Å². The average Bonchev–Trinajstić information content (AvgIpc) is 2.69. The van der Waals surface area contributed by atoms with Crippen molar-refractivity contribution in [1.29, 1.82) is 0 Å². The van der Waals surface area contributed by atoms with Gasteiger partial charge in [0.15, 0.2) is 0 Å². The second-order valence-electron chi connectivity index (χ2n) is 4.01. The standard InChI is InChI=1S/C14H12N2O/c1-16-13-11(8-5-9-12(13)17)15-14(16)10-6-3-2-4-7-10/h2-9,17H,1H3. The number of nitrogens with zero attached hydrogens (tertiary/aromatic N) is 2. The molecule has 0 radical (unpaired) electrons. The molecule has 0 spiro atoms. The van der Waals surface area contributed by atoms with Crippen LogP contribution >= 0.6 is 0 Å². The maximum Gasteiger partial charge on any atom is 0.141 e. The van der Waals surface area contributed by atoms with Crippen molar-refractivity contribution in [3.8, 4) is 17.1 Å². The van der Waals surface area contributed by atoms with Gasteiger partial charge in [0.25, 0.3) is 0 Å². The van der Waals surface area contributed by atoms with Gasteiger partial charge >= 0.3 is 0 Å². The van der Waals surface area contributed by atoms with E-state index in [0.717, 1.165) is 22.4 Å². The van der Waals surface area contributed by atoms with E-state index in [1.807, 2.05) is 48.0 Å². The van der Waals surface area contributed by atoms with Gasteiger partial charge in [-0.2, -0.15) is 0 Å². The molecule has 84 valence electrons. The number of phenols is 1. The van der Waals surface area contributed by atoms with Crippen LogP contribution in [-0.2, 0) is 7.05 Å². The summed E-state index contributed by atoms with van der Waals surface area (Å²) in [7, 11) is 1.91. The lowest BCUT2D eigenvalue weighted by Gasteiger charge is -2.02. The number of fused-ring (bicyclic) bond motifs is 1. The van der Waals surface area contributed by atoms with Crippen molar-refractivity contribution in [2.75, 3.05) is 0 Å². The van der Waals surface area contributed by atoms with E-state index in [9.17, 15) is 5.11 Å². The molecule has 1 N–H and O–H groups in total. The first kappa shape index (κ1) is 9.90. The predicted molar refractivity (Wildman–Crippen MR) is 67.8 cm³/mol. The zero-order chi connectivity index (χ0) is 11.8. The van der Waals surface area contributed by atoms with Crippen LogP contribution in [0, 0.1) is 0 Å². The second-order valence-corrected chi connectivity index (χ2v) is 4.01. The molecule has 0 aliphatic rings. The van der Waals surface area contributed by atoms with Crippen LogP contribution in [0.15, 0.2) is 48.5 Å². The minimum absolute atomic E-state index is 0.264. The zero-order valence-corrected chi connectivity index (χ0v) is 9.46. The minimum atomic E-state index is 0.264. The molecule has 0 aliphatic carbocycles. The third-order valence-corrected chi connectivity index (χ3v) is 2.90. The zero-order valence-electron chi connectivity index (χ0n) is 9.46. The Morgan fingerprint density at radius 1 is 1.00 bits per heavy atom. The van der Waals surface area contributed by atoms with Crippen molar-refractivity contribution in [2.45, 2.75) is 0 Å². The van der Waals surface area contributed by atoms with E-state index in [1.54, 1.807) is 12.1 Å². The largest absolute Gasteiger partial charge is 0.506 e. The van der Waals surface area contributed by atoms with Gasteiger partial charge in [0, 0.05) is 12.6 Å². The Hall–Kier alpha value is -2.29. The number of hydrogen-bond acceptors (Lipinski definition) is 2. The quantitative estimate of drug-likeness (QED) is 0.690. The first-order valence-corrected chi connectivity index (χ1v) is 5.47. The molecule has 0 bridgehead atoms. The Balaban J connectivity index is 2.33. The van der Waals surface area contributed by atoms with Crippen LogP contribution in [0.4, 0.5) is 0 Å². The summed E-state index contributed by atoms with van der Waals surface area (Å²) in [6.07, 6.45) is 0. The Bertz CT molecular complexity index is 671. The lowest BCUT2D eigenvalue weighted by molar-refractivity contribution is 0.479. The number of phenolic OH excluding ortho intramolecular Hbond substituents is 1. The SMILES string of the molecule is Cn1c(-c2ccccc2)nc2cccc(O)c21. The molecular formula is C14H12N2O. The van der Waals surface area contributed by atoms with Crippen molar-refractivity contribution in [2.24, 2.45) is 7.05 Å². The molecule has 17 heavy (non-hydrogen) atoms. The average molecular weight is 224 g/mol. The van der Waals surface area contributed by atoms with Crippen LogP contribution in [0.25, 0.3) is 22.4 Å². The lowest BCUT2D eigenvalue weighted by Crippen LogP contribution is -1.92. The van der Waals surface area contributed by atoms with E-state index in [2.05, 4.69) is 4.98 Å². The van der Waals surface area contributed by atoms with Crippen LogP contribution in [0.5, 0.6) is 5.75 Å². The maximum absolute atomic E-state index is 9.85. The van der Waals surface area contributed by atoms with Crippen LogP contribution in [0.1, 0.15) is 0 Å². The van der Waals surface area contributed by atoms with Gasteiger partial charge in [0.1, 0.15) is 17.1 Å². The summed E-state index contributed by atoms with van der Waals surface area (Å²) in [5.74, 6) is 1.13. The van der Waals surface area contributed by atoms with Crippen molar-refractivity contribution in [3.63, 3.8) is 0 Å². The Kier molecular flexibility index (Phi) is 2.11. The lowest BCUT2D eigenvalue weighted by atomic mass is 10.2. The van der Waals surface area contributed by atoms with Crippen molar-refractivity contribution in [3.05, 3.63) is 48.5 Å². The smallest absolute Gasteiger partial charge is 0.141 e. The van der Waals surface area contributed by atoms with Gasteiger partial charge in [0.2, 0.25) is 0 Å². The summed E-state index contributed by atoms with van der Waals surface area (Å²) >= 11 is 0. The highest BCUT2D eigenvalue weighted by molar-refractivity contribution is 5.85. The summed E-state index contributed by atoms with van der Waals surface area (Å²) in [4.78, 5) is 4.55. The number of aromatic nitrogens is 2. The van der Waals surface area contributed by atoms with Gasteiger partial charge in [-0.1, -0.05) is 36.4 Å². The Labute approximate surface area is 99.0 Å². The molecule has 1 heterocycles. The van der Waals surface area contributed by atoms with E-state index < -0.39 is 0 Å². The number of para-hydroxylation sites is 1. The maximum atomic E-state index is 9.85. The van der Waals surface area contributed by atoms with Gasteiger partial charge in [-0.3, -0.25) is 0 Å². The molecule has 3 aromatic rings. The minimum Gasteiger partial charge on any atom is -0.506 e. The fourth-order valence-electron chi connectivity index (χ4n) is 2.09. The highest BCUT2D eigenvalue weighted by Crippen LogP contribution is 2.28. The molecule has 2 aromatic carbocycles. The molecule has 3 rings (SSSR count).